The van der Waals surface area contributed by atoms with Gasteiger partial charge in [0.25, 0.3) is 5.91 Å². The van der Waals surface area contributed by atoms with Crippen molar-refractivity contribution in [2.24, 2.45) is 5.41 Å². The van der Waals surface area contributed by atoms with Crippen molar-refractivity contribution in [1.82, 2.24) is 10.9 Å². The van der Waals surface area contributed by atoms with Gasteiger partial charge in [-0.05, 0) is 17.5 Å². The Morgan fingerprint density at radius 1 is 1.06 bits per heavy atom. The number of carbonyl (C=O) groups is 2. The van der Waals surface area contributed by atoms with E-state index in [1.807, 2.05) is 26.8 Å². The van der Waals surface area contributed by atoms with Crippen molar-refractivity contribution < 1.29 is 9.59 Å². The fourth-order valence-electron chi connectivity index (χ4n) is 1.31. The molecule has 0 bridgehead atoms. The number of rotatable bonds is 2. The number of nitrogens with one attached hydrogen (secondary N) is 2. The maximum Gasteiger partial charge on any atom is 0.269 e. The summed E-state index contributed by atoms with van der Waals surface area (Å²) in [6, 6.07) is 8.74. The van der Waals surface area contributed by atoms with Crippen LogP contribution < -0.4 is 10.9 Å². The van der Waals surface area contributed by atoms with Gasteiger partial charge >= 0.3 is 0 Å². The molecule has 1 rings (SSSR count). The van der Waals surface area contributed by atoms with Crippen LogP contribution in [0.3, 0.4) is 0 Å². The maximum atomic E-state index is 11.6. The Balaban J connectivity index is 2.42. The predicted octanol–water partition coefficient (Wildman–Crippen LogP) is 1.88. The Hall–Kier alpha value is -1.84. The van der Waals surface area contributed by atoms with Crippen LogP contribution in [0.25, 0.3) is 0 Å². The summed E-state index contributed by atoms with van der Waals surface area (Å²) in [6.07, 6.45) is 0.363. The van der Waals surface area contributed by atoms with Crippen LogP contribution in [0, 0.1) is 5.41 Å². The molecule has 0 radical (unpaired) electrons. The third-order valence-corrected chi connectivity index (χ3v) is 2.04. The topological polar surface area (TPSA) is 58.2 Å². The Kier molecular flexibility index (Phi) is 4.26. The number of hydrazine groups is 1. The first kappa shape index (κ1) is 13.2. The molecule has 0 spiro atoms. The normalized spacial score (nSPS) is 10.8. The van der Waals surface area contributed by atoms with Gasteiger partial charge in [0.05, 0.1) is 0 Å². The molecular weight excluding hydrogens is 216 g/mol. The SMILES string of the molecule is CC(C)(C)CC(=O)NNC(=O)c1ccccc1. The first-order valence-electron chi connectivity index (χ1n) is 5.53. The van der Waals surface area contributed by atoms with E-state index in [9.17, 15) is 9.59 Å². The molecule has 1 aromatic rings. The van der Waals surface area contributed by atoms with E-state index in [-0.39, 0.29) is 17.2 Å². The third-order valence-electron chi connectivity index (χ3n) is 2.04. The highest BCUT2D eigenvalue weighted by atomic mass is 16.2. The van der Waals surface area contributed by atoms with Crippen molar-refractivity contribution in [3.05, 3.63) is 35.9 Å². The molecule has 2 amide bonds. The number of amides is 2. The molecule has 0 saturated heterocycles. The van der Waals surface area contributed by atoms with E-state index in [2.05, 4.69) is 10.9 Å². The van der Waals surface area contributed by atoms with E-state index >= 15 is 0 Å². The van der Waals surface area contributed by atoms with Gasteiger partial charge in [-0.1, -0.05) is 39.0 Å². The second-order valence-corrected chi connectivity index (χ2v) is 5.11. The number of hydrogen-bond acceptors (Lipinski definition) is 2. The molecule has 0 heterocycles. The highest BCUT2D eigenvalue weighted by Crippen LogP contribution is 2.17. The second kappa shape index (κ2) is 5.48. The molecule has 17 heavy (non-hydrogen) atoms. The molecular formula is C13H18N2O2. The van der Waals surface area contributed by atoms with Crippen molar-refractivity contribution in [1.29, 1.82) is 0 Å². The van der Waals surface area contributed by atoms with Crippen LogP contribution in [0.2, 0.25) is 0 Å². The summed E-state index contributed by atoms with van der Waals surface area (Å²) in [4.78, 5) is 23.1. The highest BCUT2D eigenvalue weighted by Gasteiger charge is 2.16. The largest absolute Gasteiger partial charge is 0.273 e. The van der Waals surface area contributed by atoms with Crippen LogP contribution in [-0.4, -0.2) is 11.8 Å². The summed E-state index contributed by atoms with van der Waals surface area (Å²) in [5.41, 5.74) is 5.20. The lowest BCUT2D eigenvalue weighted by Crippen LogP contribution is -2.42. The minimum absolute atomic E-state index is 0.0957. The zero-order chi connectivity index (χ0) is 12.9. The molecule has 1 aromatic carbocycles. The fourth-order valence-corrected chi connectivity index (χ4v) is 1.31. The first-order valence-corrected chi connectivity index (χ1v) is 5.53. The smallest absolute Gasteiger partial charge is 0.269 e. The first-order chi connectivity index (χ1) is 7.88. The van der Waals surface area contributed by atoms with Gasteiger partial charge in [-0.25, -0.2) is 0 Å². The van der Waals surface area contributed by atoms with Crippen LogP contribution in [0.4, 0.5) is 0 Å². The van der Waals surface area contributed by atoms with E-state index in [1.165, 1.54) is 0 Å². The highest BCUT2D eigenvalue weighted by molar-refractivity contribution is 5.95. The van der Waals surface area contributed by atoms with Crippen molar-refractivity contribution in [3.63, 3.8) is 0 Å². The van der Waals surface area contributed by atoms with Crippen molar-refractivity contribution in [2.45, 2.75) is 27.2 Å². The number of hydrogen-bond donors (Lipinski definition) is 2. The molecule has 0 aliphatic heterocycles. The summed E-state index contributed by atoms with van der Waals surface area (Å²) >= 11 is 0. The molecule has 4 heteroatoms. The lowest BCUT2D eigenvalue weighted by atomic mass is 9.92. The lowest BCUT2D eigenvalue weighted by molar-refractivity contribution is -0.123. The second-order valence-electron chi connectivity index (χ2n) is 5.11. The molecule has 92 valence electrons. The van der Waals surface area contributed by atoms with Gasteiger partial charge in [0, 0.05) is 12.0 Å². The third kappa shape index (κ3) is 5.15. The standard InChI is InChI=1S/C13H18N2O2/c1-13(2,3)9-11(16)14-15-12(17)10-7-5-4-6-8-10/h4-8H,9H2,1-3H3,(H,14,16)(H,15,17). The van der Waals surface area contributed by atoms with Gasteiger partial charge in [0.1, 0.15) is 0 Å². The summed E-state index contributed by atoms with van der Waals surface area (Å²) in [5, 5.41) is 0. The fraction of sp³-hybridized carbons (Fsp3) is 0.385. The van der Waals surface area contributed by atoms with Gasteiger partial charge in [0.15, 0.2) is 0 Å². The van der Waals surface area contributed by atoms with Crippen LogP contribution >= 0.6 is 0 Å². The van der Waals surface area contributed by atoms with Gasteiger partial charge in [-0.3, -0.25) is 20.4 Å². The van der Waals surface area contributed by atoms with Crippen LogP contribution in [0.5, 0.6) is 0 Å². The van der Waals surface area contributed by atoms with Gasteiger partial charge in [0.2, 0.25) is 5.91 Å². The molecule has 0 saturated carbocycles. The van der Waals surface area contributed by atoms with Gasteiger partial charge < -0.3 is 0 Å². The van der Waals surface area contributed by atoms with E-state index in [1.54, 1.807) is 24.3 Å². The molecule has 0 aromatic heterocycles. The minimum Gasteiger partial charge on any atom is -0.273 e. The molecule has 2 N–H and O–H groups in total. The summed E-state index contributed by atoms with van der Waals surface area (Å²) in [7, 11) is 0. The predicted molar refractivity (Wildman–Crippen MR) is 66.1 cm³/mol. The zero-order valence-corrected chi connectivity index (χ0v) is 10.4. The lowest BCUT2D eigenvalue weighted by Gasteiger charge is -2.17. The van der Waals surface area contributed by atoms with Crippen molar-refractivity contribution >= 4 is 11.8 Å². The molecule has 0 atom stereocenters. The number of benzene rings is 1. The summed E-state index contributed by atoms with van der Waals surface area (Å²) in [5.74, 6) is -0.505. The van der Waals surface area contributed by atoms with Gasteiger partial charge in [-0.2, -0.15) is 0 Å². The molecule has 0 aliphatic rings. The van der Waals surface area contributed by atoms with Crippen LogP contribution in [0.1, 0.15) is 37.6 Å². The van der Waals surface area contributed by atoms with E-state index in [0.29, 0.717) is 12.0 Å². The Labute approximate surface area is 101 Å². The van der Waals surface area contributed by atoms with Gasteiger partial charge in [-0.15, -0.1) is 0 Å². The Morgan fingerprint density at radius 3 is 2.18 bits per heavy atom. The Bertz CT molecular complexity index is 394. The monoisotopic (exact) mass is 234 g/mol. The molecule has 0 aliphatic carbocycles. The van der Waals surface area contributed by atoms with E-state index < -0.39 is 0 Å². The zero-order valence-electron chi connectivity index (χ0n) is 10.4. The average molecular weight is 234 g/mol. The summed E-state index contributed by atoms with van der Waals surface area (Å²) < 4.78 is 0. The van der Waals surface area contributed by atoms with Crippen LogP contribution in [-0.2, 0) is 4.79 Å². The molecule has 0 unspecified atom stereocenters. The van der Waals surface area contributed by atoms with E-state index in [0.717, 1.165) is 0 Å². The molecule has 4 nitrogen and oxygen atoms in total. The van der Waals surface area contributed by atoms with Crippen molar-refractivity contribution in [3.8, 4) is 0 Å². The average Bonchev–Trinajstić information content (AvgIpc) is 2.25. The molecule has 0 fully saturated rings. The Morgan fingerprint density at radius 2 is 1.65 bits per heavy atom. The summed E-state index contributed by atoms with van der Waals surface area (Å²) in [6.45, 7) is 5.89. The maximum absolute atomic E-state index is 11.6. The van der Waals surface area contributed by atoms with Crippen LogP contribution in [0.15, 0.2) is 30.3 Å². The quantitative estimate of drug-likeness (QED) is 0.768. The number of carbonyl (C=O) groups excluding carboxylic acids is 2. The minimum atomic E-state index is -0.312. The van der Waals surface area contributed by atoms with Crippen molar-refractivity contribution in [2.75, 3.05) is 0 Å². The van der Waals surface area contributed by atoms with E-state index in [4.69, 9.17) is 0 Å².